The second-order valence-electron chi connectivity index (χ2n) is 18.9. The number of hydrogen-bond acceptors (Lipinski definition) is 11. The molecule has 4 aromatic rings. The molecule has 0 bridgehead atoms. The number of methoxy groups -OCH3 is 1. The molecular formula is C48H61N4O8PS. The molecular weight excluding hydrogens is 824 g/mol. The van der Waals surface area contributed by atoms with E-state index in [0.29, 0.717) is 40.2 Å². The summed E-state index contributed by atoms with van der Waals surface area (Å²) in [4.78, 5) is 66.5. The number of pyridine rings is 1. The number of fused-ring (bicyclic) bond motifs is 1. The average Bonchev–Trinajstić information content (AvgIpc) is 3.60. The molecule has 6 atom stereocenters. The van der Waals surface area contributed by atoms with Gasteiger partial charge in [-0.25, -0.2) is 9.97 Å². The van der Waals surface area contributed by atoms with Gasteiger partial charge in [-0.05, 0) is 81.9 Å². The first kappa shape index (κ1) is 45.4. The summed E-state index contributed by atoms with van der Waals surface area (Å²) < 4.78 is 32.7. The molecule has 12 nitrogen and oxygen atoms in total. The highest BCUT2D eigenvalue weighted by atomic mass is 32.1. The average molecular weight is 885 g/mol. The van der Waals surface area contributed by atoms with E-state index in [4.69, 9.17) is 24.2 Å². The summed E-state index contributed by atoms with van der Waals surface area (Å²) in [6.45, 7) is 15.8. The summed E-state index contributed by atoms with van der Waals surface area (Å²) in [5, 5.41) is 5.54. The minimum absolute atomic E-state index is 0.0614. The van der Waals surface area contributed by atoms with E-state index < -0.39 is 42.0 Å². The Hall–Kier alpha value is -4.58. The van der Waals surface area contributed by atoms with E-state index in [2.05, 4.69) is 11.9 Å². The number of nitrogens with one attached hydrogen (secondary N) is 1. The van der Waals surface area contributed by atoms with Crippen LogP contribution in [0.15, 0.2) is 66.6 Å². The Bertz CT molecular complexity index is 2370. The molecule has 1 saturated heterocycles. The molecule has 0 radical (unpaired) electrons. The zero-order chi connectivity index (χ0) is 44.6. The molecule has 1 unspecified atom stereocenters. The van der Waals surface area contributed by atoms with Gasteiger partial charge in [0.25, 0.3) is 0 Å². The fraction of sp³-hybridized carbons (Fsp3) is 0.521. The third-order valence-corrected chi connectivity index (χ3v) is 16.4. The number of rotatable bonds is 17. The van der Waals surface area contributed by atoms with Crippen molar-refractivity contribution in [2.45, 2.75) is 129 Å². The van der Waals surface area contributed by atoms with E-state index in [-0.39, 0.29) is 61.7 Å². The third-order valence-electron chi connectivity index (χ3n) is 12.7. The largest absolute Gasteiger partial charge is 0.497 e. The molecule has 3 aliphatic rings. The van der Waals surface area contributed by atoms with Crippen LogP contribution in [0.2, 0.25) is 0 Å². The van der Waals surface area contributed by atoms with Gasteiger partial charge < -0.3 is 29.3 Å². The van der Waals surface area contributed by atoms with Crippen molar-refractivity contribution in [3.05, 3.63) is 77.7 Å². The van der Waals surface area contributed by atoms with Crippen LogP contribution in [0.4, 0.5) is 5.13 Å². The molecule has 1 amide bonds. The van der Waals surface area contributed by atoms with Crippen LogP contribution in [-0.2, 0) is 29.8 Å². The molecule has 1 aliphatic heterocycles. The Labute approximate surface area is 369 Å². The van der Waals surface area contributed by atoms with Crippen LogP contribution in [0.25, 0.3) is 22.3 Å². The summed E-state index contributed by atoms with van der Waals surface area (Å²) in [5.41, 5.74) is 2.90. The first-order valence-corrected chi connectivity index (χ1v) is 24.5. The lowest BCUT2D eigenvalue weighted by Gasteiger charge is -2.35. The number of aromatic nitrogens is 2. The Morgan fingerprint density at radius 3 is 2.50 bits per heavy atom. The normalized spacial score (nSPS) is 22.9. The Morgan fingerprint density at radius 1 is 1.08 bits per heavy atom. The minimum atomic E-state index is -3.98. The molecule has 3 fully saturated rings. The lowest BCUT2D eigenvalue weighted by atomic mass is 9.77. The van der Waals surface area contributed by atoms with Crippen molar-refractivity contribution in [1.82, 2.24) is 14.9 Å². The number of carbonyl (C=O) groups is 3. The first-order valence-electron chi connectivity index (χ1n) is 21.8. The number of amides is 1. The fourth-order valence-corrected chi connectivity index (χ4v) is 12.6. The topological polar surface area (TPSA) is 157 Å². The quantitative estimate of drug-likeness (QED) is 0.0591. The maximum atomic E-state index is 15.0. The van der Waals surface area contributed by atoms with Gasteiger partial charge in [0.1, 0.15) is 29.4 Å². The van der Waals surface area contributed by atoms with Gasteiger partial charge in [-0.2, -0.15) is 0 Å². The minimum Gasteiger partial charge on any atom is -0.497 e. The highest BCUT2D eigenvalue weighted by Crippen LogP contribution is 2.74. The van der Waals surface area contributed by atoms with Gasteiger partial charge in [-0.15, -0.1) is 17.9 Å². The number of likely N-dealkylation sites (tertiary alicyclic amines) is 1. The first-order chi connectivity index (χ1) is 29.4. The van der Waals surface area contributed by atoms with Crippen molar-refractivity contribution in [2.24, 2.45) is 17.3 Å². The lowest BCUT2D eigenvalue weighted by molar-refractivity contribution is -0.156. The van der Waals surface area contributed by atoms with Gasteiger partial charge in [0.2, 0.25) is 13.3 Å². The van der Waals surface area contributed by atoms with Gasteiger partial charge in [0.05, 0.1) is 54.6 Å². The van der Waals surface area contributed by atoms with Crippen molar-refractivity contribution in [1.29, 1.82) is 0 Å². The maximum Gasteiger partial charge on any atom is 0.306 e. The number of esters is 1. The predicted octanol–water partition coefficient (Wildman–Crippen LogP) is 9.76. The number of thiazole rings is 1. The van der Waals surface area contributed by atoms with Crippen molar-refractivity contribution in [3.8, 4) is 22.9 Å². The number of ketones is 1. The van der Waals surface area contributed by atoms with Gasteiger partial charge in [-0.1, -0.05) is 56.7 Å². The zero-order valence-electron chi connectivity index (χ0n) is 37.0. The number of benzene rings is 2. The summed E-state index contributed by atoms with van der Waals surface area (Å²) in [6.07, 6.45) is 4.58. The number of carbonyl (C=O) groups excluding carboxylic acids is 3. The van der Waals surface area contributed by atoms with E-state index in [1.807, 2.05) is 95.5 Å². The van der Waals surface area contributed by atoms with Gasteiger partial charge in [-0.3, -0.25) is 18.9 Å². The summed E-state index contributed by atoms with van der Waals surface area (Å²) in [7, 11) is -2.38. The van der Waals surface area contributed by atoms with Crippen molar-refractivity contribution >= 4 is 52.4 Å². The highest BCUT2D eigenvalue weighted by Gasteiger charge is 2.65. The number of allylic oxidation sites excluding steroid dienone is 1. The molecule has 14 heteroatoms. The second kappa shape index (κ2) is 18.3. The standard InChI is InChI=1S/C48H61N4O8PS/c1-9-32-24-48(32,61(56,57)27-31-14-12-13-30(4)19-31)25-42(53)41-21-35(26-52(41)45(55)37(47(5,6)7)22-44(54)60-33-15-10-11-16-33)59-43-23-39(40-28-62-46(51-40)49-29(2)3)50-38-20-34(58-8)17-18-36(38)43/h9,12-14,17-20,23,28-29,32-33,35,37,41H,1,10-11,15-16,21-22,24-27H2,2-8H3,(H,49,51)(H,56,57)/t32-,35-,37-,41+,48-/m1/s1. The fourth-order valence-electron chi connectivity index (χ4n) is 9.21. The molecule has 62 heavy (non-hydrogen) atoms. The van der Waals surface area contributed by atoms with E-state index in [9.17, 15) is 19.0 Å². The molecule has 3 heterocycles. The van der Waals surface area contributed by atoms with Crippen LogP contribution in [0.1, 0.15) is 97.1 Å². The molecule has 2 N–H and O–H groups in total. The van der Waals surface area contributed by atoms with Gasteiger partial charge >= 0.3 is 5.97 Å². The van der Waals surface area contributed by atoms with Crippen LogP contribution >= 0.6 is 18.7 Å². The molecule has 0 spiro atoms. The zero-order valence-corrected chi connectivity index (χ0v) is 38.7. The van der Waals surface area contributed by atoms with Crippen molar-refractivity contribution in [2.75, 3.05) is 19.0 Å². The van der Waals surface area contributed by atoms with Gasteiger partial charge in [0.15, 0.2) is 10.9 Å². The molecule has 332 valence electrons. The van der Waals surface area contributed by atoms with Crippen molar-refractivity contribution < 1.29 is 38.1 Å². The number of ether oxygens (including phenoxy) is 3. The Balaban J connectivity index is 1.22. The Morgan fingerprint density at radius 2 is 1.84 bits per heavy atom. The maximum absolute atomic E-state index is 15.0. The summed E-state index contributed by atoms with van der Waals surface area (Å²) in [5.74, 6) is -1.11. The number of Topliss-reactive ketones (excluding diaryl/α,β-unsaturated/α-hetero) is 1. The number of hydrogen-bond donors (Lipinski definition) is 2. The van der Waals surface area contributed by atoms with Crippen LogP contribution < -0.4 is 14.8 Å². The van der Waals surface area contributed by atoms with E-state index >= 15 is 4.79 Å². The third kappa shape index (κ3) is 9.95. The van der Waals surface area contributed by atoms with E-state index in [1.54, 1.807) is 18.1 Å². The predicted molar refractivity (Wildman–Crippen MR) is 244 cm³/mol. The molecule has 2 aromatic heterocycles. The molecule has 2 aliphatic carbocycles. The second-order valence-corrected chi connectivity index (χ2v) is 22.3. The summed E-state index contributed by atoms with van der Waals surface area (Å²) in [6, 6.07) is 14.1. The highest BCUT2D eigenvalue weighted by molar-refractivity contribution is 7.59. The van der Waals surface area contributed by atoms with Crippen molar-refractivity contribution in [3.63, 3.8) is 0 Å². The lowest BCUT2D eigenvalue weighted by Crippen LogP contribution is -2.48. The van der Waals surface area contributed by atoms with Crippen LogP contribution in [0.3, 0.4) is 0 Å². The Kier molecular flexibility index (Phi) is 13.4. The van der Waals surface area contributed by atoms with Crippen LogP contribution in [0.5, 0.6) is 11.5 Å². The molecule has 2 aromatic carbocycles. The SMILES string of the molecule is C=C[C@@H]1C[C@]1(CC(=O)[C@@H]1C[C@@H](Oc2cc(-c3csc(NC(C)C)n3)nc3cc(OC)ccc23)CN1C(=O)[C@@H](CC(=O)OC1CCCC1)C(C)(C)C)P(=O)(O)Cc1cccc(C)c1. The number of aryl methyl sites for hydroxylation is 1. The number of nitrogens with zero attached hydrogens (tertiary/aromatic N) is 3. The number of anilines is 1. The van der Waals surface area contributed by atoms with Gasteiger partial charge in [0, 0.05) is 41.8 Å². The monoisotopic (exact) mass is 884 g/mol. The van der Waals surface area contributed by atoms with E-state index in [1.165, 1.54) is 11.3 Å². The van der Waals surface area contributed by atoms with Crippen LogP contribution in [-0.4, -0.2) is 80.5 Å². The molecule has 7 rings (SSSR count). The summed E-state index contributed by atoms with van der Waals surface area (Å²) >= 11 is 1.48. The molecule has 2 saturated carbocycles. The van der Waals surface area contributed by atoms with E-state index in [0.717, 1.165) is 41.9 Å². The smallest absolute Gasteiger partial charge is 0.306 e. The van der Waals surface area contributed by atoms with Crippen LogP contribution in [0, 0.1) is 24.2 Å².